The van der Waals surface area contributed by atoms with Gasteiger partial charge in [0.2, 0.25) is 5.91 Å². The minimum atomic E-state index is -0.462. The summed E-state index contributed by atoms with van der Waals surface area (Å²) in [7, 11) is 0. The average molecular weight is 276 g/mol. The van der Waals surface area contributed by atoms with E-state index in [0.717, 1.165) is 5.56 Å². The SMILES string of the molecule is Cc1cccc([C@@H](C)NC(=O)C2(CN)CCOCC2)c1. The first kappa shape index (κ1) is 15.0. The minimum absolute atomic E-state index is 0.00586. The van der Waals surface area contributed by atoms with Gasteiger partial charge in [0.15, 0.2) is 0 Å². The van der Waals surface area contributed by atoms with Crippen molar-refractivity contribution in [2.75, 3.05) is 19.8 Å². The van der Waals surface area contributed by atoms with Crippen LogP contribution < -0.4 is 11.1 Å². The molecule has 1 aromatic rings. The summed E-state index contributed by atoms with van der Waals surface area (Å²) in [6.07, 6.45) is 1.41. The van der Waals surface area contributed by atoms with Gasteiger partial charge in [0.25, 0.3) is 0 Å². The third-order valence-corrected chi connectivity index (χ3v) is 4.21. The first-order valence-electron chi connectivity index (χ1n) is 7.23. The largest absolute Gasteiger partial charge is 0.381 e. The molecule has 1 aliphatic rings. The van der Waals surface area contributed by atoms with Crippen LogP contribution in [0.3, 0.4) is 0 Å². The first-order valence-corrected chi connectivity index (χ1v) is 7.23. The number of nitrogens with two attached hydrogens (primary N) is 1. The lowest BCUT2D eigenvalue weighted by molar-refractivity contribution is -0.136. The molecule has 1 aliphatic heterocycles. The molecule has 0 unspecified atom stereocenters. The molecule has 110 valence electrons. The summed E-state index contributed by atoms with van der Waals surface area (Å²) in [5.74, 6) is 0.0531. The van der Waals surface area contributed by atoms with E-state index in [2.05, 4.69) is 24.4 Å². The van der Waals surface area contributed by atoms with Crippen LogP contribution in [-0.4, -0.2) is 25.7 Å². The van der Waals surface area contributed by atoms with Crippen LogP contribution in [0.5, 0.6) is 0 Å². The van der Waals surface area contributed by atoms with Gasteiger partial charge in [0.1, 0.15) is 0 Å². The highest BCUT2D eigenvalue weighted by Crippen LogP contribution is 2.30. The minimum Gasteiger partial charge on any atom is -0.381 e. The van der Waals surface area contributed by atoms with E-state index in [1.54, 1.807) is 0 Å². The Kier molecular flexibility index (Phi) is 4.78. The fourth-order valence-corrected chi connectivity index (χ4v) is 2.66. The van der Waals surface area contributed by atoms with Crippen molar-refractivity contribution in [3.8, 4) is 0 Å². The Labute approximate surface area is 120 Å². The van der Waals surface area contributed by atoms with Gasteiger partial charge in [-0.1, -0.05) is 29.8 Å². The second-order valence-electron chi connectivity index (χ2n) is 5.71. The standard InChI is InChI=1S/C16H24N2O2/c1-12-4-3-5-14(10-12)13(2)18-15(19)16(11-17)6-8-20-9-7-16/h3-5,10,13H,6-9,11,17H2,1-2H3,(H,18,19)/t13-/m1/s1. The van der Waals surface area contributed by atoms with Gasteiger partial charge >= 0.3 is 0 Å². The van der Waals surface area contributed by atoms with Crippen molar-refractivity contribution in [1.29, 1.82) is 0 Å². The average Bonchev–Trinajstić information content (AvgIpc) is 2.47. The van der Waals surface area contributed by atoms with Gasteiger partial charge in [-0.25, -0.2) is 0 Å². The van der Waals surface area contributed by atoms with Crippen LogP contribution in [0.15, 0.2) is 24.3 Å². The Morgan fingerprint density at radius 1 is 1.45 bits per heavy atom. The summed E-state index contributed by atoms with van der Waals surface area (Å²) in [6, 6.07) is 8.20. The normalized spacial score (nSPS) is 19.4. The zero-order valence-electron chi connectivity index (χ0n) is 12.3. The van der Waals surface area contributed by atoms with E-state index >= 15 is 0 Å². The lowest BCUT2D eigenvalue weighted by Gasteiger charge is -2.35. The maximum Gasteiger partial charge on any atom is 0.228 e. The van der Waals surface area contributed by atoms with Crippen molar-refractivity contribution in [2.45, 2.75) is 32.7 Å². The number of rotatable bonds is 4. The summed E-state index contributed by atoms with van der Waals surface area (Å²) in [6.45, 7) is 5.67. The molecule has 0 radical (unpaired) electrons. The van der Waals surface area contributed by atoms with E-state index in [4.69, 9.17) is 10.5 Å². The smallest absolute Gasteiger partial charge is 0.228 e. The van der Waals surface area contributed by atoms with E-state index in [1.807, 2.05) is 19.1 Å². The zero-order valence-corrected chi connectivity index (χ0v) is 12.3. The monoisotopic (exact) mass is 276 g/mol. The van der Waals surface area contributed by atoms with Crippen LogP contribution >= 0.6 is 0 Å². The molecule has 3 N–H and O–H groups in total. The van der Waals surface area contributed by atoms with Gasteiger partial charge < -0.3 is 15.8 Å². The topological polar surface area (TPSA) is 64.4 Å². The van der Waals surface area contributed by atoms with Crippen LogP contribution in [-0.2, 0) is 9.53 Å². The van der Waals surface area contributed by atoms with E-state index in [1.165, 1.54) is 5.56 Å². The summed E-state index contributed by atoms with van der Waals surface area (Å²) < 4.78 is 5.35. The zero-order chi connectivity index (χ0) is 14.6. The third kappa shape index (κ3) is 3.19. The quantitative estimate of drug-likeness (QED) is 0.883. The number of hydrogen-bond donors (Lipinski definition) is 2. The molecule has 1 saturated heterocycles. The fraction of sp³-hybridized carbons (Fsp3) is 0.562. The van der Waals surface area contributed by atoms with E-state index in [9.17, 15) is 4.79 Å². The number of hydrogen-bond acceptors (Lipinski definition) is 3. The molecule has 4 heteroatoms. The molecule has 0 aromatic heterocycles. The van der Waals surface area contributed by atoms with Gasteiger partial charge in [-0.15, -0.1) is 0 Å². The Hall–Kier alpha value is -1.39. The molecule has 0 bridgehead atoms. The second-order valence-corrected chi connectivity index (χ2v) is 5.71. The predicted molar refractivity (Wildman–Crippen MR) is 79.3 cm³/mol. The number of carbonyl (C=O) groups excluding carboxylic acids is 1. The molecule has 4 nitrogen and oxygen atoms in total. The molecule has 1 amide bonds. The molecule has 20 heavy (non-hydrogen) atoms. The highest BCUT2D eigenvalue weighted by Gasteiger charge is 2.39. The van der Waals surface area contributed by atoms with Gasteiger partial charge in [-0.3, -0.25) is 4.79 Å². The van der Waals surface area contributed by atoms with Crippen LogP contribution in [0.2, 0.25) is 0 Å². The molecular weight excluding hydrogens is 252 g/mol. The van der Waals surface area contributed by atoms with Crippen molar-refractivity contribution in [2.24, 2.45) is 11.1 Å². The highest BCUT2D eigenvalue weighted by atomic mass is 16.5. The number of carbonyl (C=O) groups is 1. The summed E-state index contributed by atoms with van der Waals surface area (Å²) in [4.78, 5) is 12.6. The van der Waals surface area contributed by atoms with Crippen molar-refractivity contribution >= 4 is 5.91 Å². The Balaban J connectivity index is 2.06. The Morgan fingerprint density at radius 3 is 2.75 bits per heavy atom. The van der Waals surface area contributed by atoms with Gasteiger partial charge in [0.05, 0.1) is 11.5 Å². The van der Waals surface area contributed by atoms with Crippen LogP contribution in [0.25, 0.3) is 0 Å². The lowest BCUT2D eigenvalue weighted by atomic mass is 9.79. The summed E-state index contributed by atoms with van der Waals surface area (Å²) in [5.41, 5.74) is 7.72. The number of aryl methyl sites for hydroxylation is 1. The number of ether oxygens (including phenoxy) is 1. The van der Waals surface area contributed by atoms with Crippen LogP contribution in [0, 0.1) is 12.3 Å². The van der Waals surface area contributed by atoms with E-state index in [0.29, 0.717) is 32.6 Å². The molecule has 1 aromatic carbocycles. The fourth-order valence-electron chi connectivity index (χ4n) is 2.66. The van der Waals surface area contributed by atoms with Crippen molar-refractivity contribution in [3.63, 3.8) is 0 Å². The molecule has 0 aliphatic carbocycles. The van der Waals surface area contributed by atoms with Gasteiger partial charge in [-0.05, 0) is 32.3 Å². The maximum absolute atomic E-state index is 12.6. The van der Waals surface area contributed by atoms with E-state index < -0.39 is 5.41 Å². The number of benzene rings is 1. The van der Waals surface area contributed by atoms with Crippen LogP contribution in [0.1, 0.15) is 36.9 Å². The molecule has 1 atom stereocenters. The molecule has 1 heterocycles. The van der Waals surface area contributed by atoms with Crippen molar-refractivity contribution in [3.05, 3.63) is 35.4 Å². The Morgan fingerprint density at radius 2 is 2.15 bits per heavy atom. The Bertz CT molecular complexity index is 467. The summed E-state index contributed by atoms with van der Waals surface area (Å²) in [5, 5.41) is 3.11. The van der Waals surface area contributed by atoms with E-state index in [-0.39, 0.29) is 11.9 Å². The molecule has 2 rings (SSSR count). The lowest BCUT2D eigenvalue weighted by Crippen LogP contribution is -2.49. The van der Waals surface area contributed by atoms with Gasteiger partial charge in [-0.2, -0.15) is 0 Å². The maximum atomic E-state index is 12.6. The first-order chi connectivity index (χ1) is 9.57. The number of nitrogens with one attached hydrogen (secondary N) is 1. The highest BCUT2D eigenvalue weighted by molar-refractivity contribution is 5.83. The molecule has 0 spiro atoms. The molecule has 1 fully saturated rings. The number of amides is 1. The second kappa shape index (κ2) is 6.37. The summed E-state index contributed by atoms with van der Waals surface area (Å²) >= 11 is 0. The van der Waals surface area contributed by atoms with Crippen LogP contribution in [0.4, 0.5) is 0 Å². The van der Waals surface area contributed by atoms with Crippen molar-refractivity contribution in [1.82, 2.24) is 5.32 Å². The molecular formula is C16H24N2O2. The third-order valence-electron chi connectivity index (χ3n) is 4.21. The predicted octanol–water partition coefficient (Wildman–Crippen LogP) is 1.93. The van der Waals surface area contributed by atoms with Gasteiger partial charge in [0, 0.05) is 19.8 Å². The molecule has 0 saturated carbocycles. The van der Waals surface area contributed by atoms with Crippen molar-refractivity contribution < 1.29 is 9.53 Å².